The van der Waals surface area contributed by atoms with Gasteiger partial charge >= 0.3 is 0 Å². The minimum Gasteiger partial charge on any atom is -0.395 e. The SMILES string of the molecule is CC[C@@H](NC(=O)C[S@](=O)CCO)c1ccc(Cl)cc1. The summed E-state index contributed by atoms with van der Waals surface area (Å²) in [6, 6.07) is 7.16. The number of hydrogen-bond acceptors (Lipinski definition) is 3. The highest BCUT2D eigenvalue weighted by Crippen LogP contribution is 2.19. The Kier molecular flexibility index (Phi) is 7.05. The van der Waals surface area contributed by atoms with Gasteiger partial charge in [0.1, 0.15) is 5.75 Å². The van der Waals surface area contributed by atoms with Crippen molar-refractivity contribution in [2.75, 3.05) is 18.1 Å². The molecule has 0 aliphatic rings. The van der Waals surface area contributed by atoms with Gasteiger partial charge in [0.15, 0.2) is 0 Å². The number of carbonyl (C=O) groups excluding carboxylic acids is 1. The fourth-order valence-electron chi connectivity index (χ4n) is 1.67. The van der Waals surface area contributed by atoms with E-state index in [1.807, 2.05) is 19.1 Å². The quantitative estimate of drug-likeness (QED) is 0.805. The van der Waals surface area contributed by atoms with E-state index in [2.05, 4.69) is 5.32 Å². The molecule has 2 N–H and O–H groups in total. The molecular weight excluding hydrogens is 286 g/mol. The molecule has 0 fully saturated rings. The highest BCUT2D eigenvalue weighted by Gasteiger charge is 2.14. The largest absolute Gasteiger partial charge is 0.395 e. The summed E-state index contributed by atoms with van der Waals surface area (Å²) in [7, 11) is -1.31. The van der Waals surface area contributed by atoms with Crippen LogP contribution in [0.1, 0.15) is 24.9 Å². The van der Waals surface area contributed by atoms with Crippen LogP contribution in [0.4, 0.5) is 0 Å². The molecule has 1 rings (SSSR count). The number of amides is 1. The van der Waals surface area contributed by atoms with E-state index in [0.29, 0.717) is 5.02 Å². The van der Waals surface area contributed by atoms with Crippen LogP contribution in [0, 0.1) is 0 Å². The van der Waals surface area contributed by atoms with Crippen LogP contribution in [0.5, 0.6) is 0 Å². The summed E-state index contributed by atoms with van der Waals surface area (Å²) < 4.78 is 11.4. The molecule has 0 bridgehead atoms. The Balaban J connectivity index is 2.59. The lowest BCUT2D eigenvalue weighted by atomic mass is 10.0. The molecule has 0 radical (unpaired) electrons. The molecule has 0 aromatic heterocycles. The van der Waals surface area contributed by atoms with E-state index in [9.17, 15) is 9.00 Å². The minimum absolute atomic E-state index is 0.0787. The van der Waals surface area contributed by atoms with Gasteiger partial charge in [-0.3, -0.25) is 9.00 Å². The maximum absolute atomic E-state index is 11.7. The molecule has 0 unspecified atom stereocenters. The average Bonchev–Trinajstić information content (AvgIpc) is 2.37. The Hall–Kier alpha value is -0.910. The van der Waals surface area contributed by atoms with E-state index >= 15 is 0 Å². The van der Waals surface area contributed by atoms with Crippen LogP contribution in [-0.2, 0) is 15.6 Å². The number of aliphatic hydroxyl groups excluding tert-OH is 1. The van der Waals surface area contributed by atoms with Gasteiger partial charge in [-0.15, -0.1) is 0 Å². The van der Waals surface area contributed by atoms with Crippen molar-refractivity contribution in [2.45, 2.75) is 19.4 Å². The first-order valence-electron chi connectivity index (χ1n) is 6.07. The molecule has 0 aliphatic heterocycles. The van der Waals surface area contributed by atoms with Gasteiger partial charge < -0.3 is 10.4 Å². The molecule has 4 nitrogen and oxygen atoms in total. The maximum atomic E-state index is 11.7. The first-order valence-corrected chi connectivity index (χ1v) is 7.94. The molecule has 0 spiro atoms. The second-order valence-corrected chi connectivity index (χ2v) is 6.10. The predicted octanol–water partition coefficient (Wildman–Crippen LogP) is 1.65. The second-order valence-electron chi connectivity index (χ2n) is 4.09. The summed E-state index contributed by atoms with van der Waals surface area (Å²) in [5, 5.41) is 12.1. The summed E-state index contributed by atoms with van der Waals surface area (Å²) >= 11 is 5.82. The first-order chi connectivity index (χ1) is 9.06. The standard InChI is InChI=1S/C13H18ClNO3S/c1-2-12(10-3-5-11(14)6-4-10)15-13(17)9-19(18)8-7-16/h3-6,12,16H,2,7-9H2,1H3,(H,15,17)/t12-,19-/m1/s1. The number of halogens is 1. The average molecular weight is 304 g/mol. The number of nitrogens with one attached hydrogen (secondary N) is 1. The summed E-state index contributed by atoms with van der Waals surface area (Å²) in [5.74, 6) is -0.218. The molecule has 6 heteroatoms. The van der Waals surface area contributed by atoms with Crippen molar-refractivity contribution in [1.82, 2.24) is 5.32 Å². The normalized spacial score (nSPS) is 13.8. The molecule has 0 saturated heterocycles. The molecule has 2 atom stereocenters. The minimum atomic E-state index is -1.31. The van der Waals surface area contributed by atoms with E-state index in [-0.39, 0.29) is 30.1 Å². The summed E-state index contributed by atoms with van der Waals surface area (Å²) in [5.41, 5.74) is 0.966. The monoisotopic (exact) mass is 303 g/mol. The number of rotatable bonds is 7. The van der Waals surface area contributed by atoms with Gasteiger partial charge in [-0.1, -0.05) is 30.7 Å². The number of carbonyl (C=O) groups is 1. The van der Waals surface area contributed by atoms with Gasteiger partial charge in [0.25, 0.3) is 0 Å². The van der Waals surface area contributed by atoms with Crippen LogP contribution >= 0.6 is 11.6 Å². The van der Waals surface area contributed by atoms with Gasteiger partial charge in [0, 0.05) is 21.6 Å². The van der Waals surface area contributed by atoms with Gasteiger partial charge in [-0.25, -0.2) is 0 Å². The lowest BCUT2D eigenvalue weighted by Gasteiger charge is -2.17. The highest BCUT2D eigenvalue weighted by molar-refractivity contribution is 7.85. The van der Waals surface area contributed by atoms with Crippen LogP contribution in [0.3, 0.4) is 0 Å². The zero-order valence-electron chi connectivity index (χ0n) is 10.8. The van der Waals surface area contributed by atoms with Gasteiger partial charge in [0.2, 0.25) is 5.91 Å². The third kappa shape index (κ3) is 5.72. The van der Waals surface area contributed by atoms with Gasteiger partial charge in [-0.05, 0) is 24.1 Å². The molecule has 0 saturated carbocycles. The zero-order valence-corrected chi connectivity index (χ0v) is 12.3. The molecule has 1 aromatic carbocycles. The Bertz CT molecular complexity index is 436. The van der Waals surface area contributed by atoms with Crippen LogP contribution in [0.25, 0.3) is 0 Å². The summed E-state index contributed by atoms with van der Waals surface area (Å²) in [6.45, 7) is 1.79. The number of benzene rings is 1. The first kappa shape index (κ1) is 16.1. The van der Waals surface area contributed by atoms with Gasteiger partial charge in [-0.2, -0.15) is 0 Å². The number of hydrogen-bond donors (Lipinski definition) is 2. The van der Waals surface area contributed by atoms with Gasteiger partial charge in [0.05, 0.1) is 12.6 Å². The maximum Gasteiger partial charge on any atom is 0.233 e. The van der Waals surface area contributed by atoms with E-state index < -0.39 is 10.8 Å². The molecule has 106 valence electrons. The zero-order chi connectivity index (χ0) is 14.3. The van der Waals surface area contributed by atoms with Crippen molar-refractivity contribution in [2.24, 2.45) is 0 Å². The molecule has 0 heterocycles. The van der Waals surface area contributed by atoms with Crippen molar-refractivity contribution >= 4 is 28.3 Å². The topological polar surface area (TPSA) is 66.4 Å². The Labute approximate surface area is 120 Å². The van der Waals surface area contributed by atoms with Crippen LogP contribution < -0.4 is 5.32 Å². The summed E-state index contributed by atoms with van der Waals surface area (Å²) in [6.07, 6.45) is 0.736. The van der Waals surface area contributed by atoms with Crippen molar-refractivity contribution in [3.05, 3.63) is 34.9 Å². The third-order valence-corrected chi connectivity index (χ3v) is 4.10. The van der Waals surface area contributed by atoms with Crippen LogP contribution in [0.2, 0.25) is 5.02 Å². The molecule has 1 amide bonds. The molecule has 19 heavy (non-hydrogen) atoms. The van der Waals surface area contributed by atoms with Crippen molar-refractivity contribution in [1.29, 1.82) is 0 Å². The molecule has 0 aliphatic carbocycles. The lowest BCUT2D eigenvalue weighted by Crippen LogP contribution is -2.32. The predicted molar refractivity (Wildman–Crippen MR) is 77.6 cm³/mol. The van der Waals surface area contributed by atoms with Crippen molar-refractivity contribution in [3.8, 4) is 0 Å². The Morgan fingerprint density at radius 2 is 2.05 bits per heavy atom. The number of aliphatic hydroxyl groups is 1. The third-order valence-electron chi connectivity index (χ3n) is 2.63. The fraction of sp³-hybridized carbons (Fsp3) is 0.462. The second kappa shape index (κ2) is 8.30. The van der Waals surface area contributed by atoms with Crippen LogP contribution in [0.15, 0.2) is 24.3 Å². The molecular formula is C13H18ClNO3S. The smallest absolute Gasteiger partial charge is 0.233 e. The lowest BCUT2D eigenvalue weighted by molar-refractivity contribution is -0.119. The molecule has 1 aromatic rings. The van der Waals surface area contributed by atoms with E-state index in [4.69, 9.17) is 16.7 Å². The Morgan fingerprint density at radius 3 is 2.58 bits per heavy atom. The fourth-order valence-corrected chi connectivity index (χ4v) is 2.52. The van der Waals surface area contributed by atoms with E-state index in [0.717, 1.165) is 12.0 Å². The van der Waals surface area contributed by atoms with Crippen LogP contribution in [-0.4, -0.2) is 33.3 Å². The summed E-state index contributed by atoms with van der Waals surface area (Å²) in [4.78, 5) is 11.7. The van der Waals surface area contributed by atoms with Crippen molar-refractivity contribution in [3.63, 3.8) is 0 Å². The van der Waals surface area contributed by atoms with E-state index in [1.54, 1.807) is 12.1 Å². The van der Waals surface area contributed by atoms with E-state index in [1.165, 1.54) is 0 Å². The Morgan fingerprint density at radius 1 is 1.42 bits per heavy atom. The van der Waals surface area contributed by atoms with Crippen molar-refractivity contribution < 1.29 is 14.1 Å². The highest BCUT2D eigenvalue weighted by atomic mass is 35.5.